The van der Waals surface area contributed by atoms with Gasteiger partial charge in [0.1, 0.15) is 11.9 Å². The first-order valence-corrected chi connectivity index (χ1v) is 8.99. The van der Waals surface area contributed by atoms with Gasteiger partial charge in [-0.05, 0) is 30.5 Å². The van der Waals surface area contributed by atoms with Gasteiger partial charge < -0.3 is 14.4 Å². The molecule has 2 fully saturated rings. The number of hydrogen-bond acceptors (Lipinski definition) is 4. The molecule has 26 heavy (non-hydrogen) atoms. The van der Waals surface area contributed by atoms with Crippen LogP contribution >= 0.6 is 0 Å². The van der Waals surface area contributed by atoms with Gasteiger partial charge >= 0.3 is 0 Å². The second-order valence-electron chi connectivity index (χ2n) is 6.75. The van der Waals surface area contributed by atoms with Crippen molar-refractivity contribution in [3.8, 4) is 0 Å². The Morgan fingerprint density at radius 2 is 2.12 bits per heavy atom. The molecule has 2 aliphatic heterocycles. The number of rotatable bonds is 3. The summed E-state index contributed by atoms with van der Waals surface area (Å²) < 4.78 is 24.7. The van der Waals surface area contributed by atoms with Crippen LogP contribution in [0, 0.1) is 5.82 Å². The highest BCUT2D eigenvalue weighted by Gasteiger charge is 2.30. The zero-order valence-electron chi connectivity index (χ0n) is 14.5. The van der Waals surface area contributed by atoms with Crippen molar-refractivity contribution in [2.45, 2.75) is 24.9 Å². The first-order chi connectivity index (χ1) is 12.7. The zero-order chi connectivity index (χ0) is 17.9. The Kier molecular flexibility index (Phi) is 4.99. The molecule has 1 atom stereocenters. The Bertz CT molecular complexity index is 773. The first-order valence-electron chi connectivity index (χ1n) is 8.99. The van der Waals surface area contributed by atoms with Gasteiger partial charge in [-0.25, -0.2) is 4.39 Å². The van der Waals surface area contributed by atoms with Crippen molar-refractivity contribution >= 4 is 5.91 Å². The highest BCUT2D eigenvalue weighted by atomic mass is 19.1. The lowest BCUT2D eigenvalue weighted by Gasteiger charge is -2.33. The average Bonchev–Trinajstić information content (AvgIpc) is 3.18. The third kappa shape index (κ3) is 3.50. The van der Waals surface area contributed by atoms with E-state index in [4.69, 9.17) is 9.47 Å². The molecule has 0 spiro atoms. The molecule has 1 aromatic carbocycles. The van der Waals surface area contributed by atoms with Crippen molar-refractivity contribution in [2.24, 2.45) is 0 Å². The van der Waals surface area contributed by atoms with Crippen molar-refractivity contribution in [2.75, 3.05) is 32.9 Å². The molecule has 138 valence electrons. The van der Waals surface area contributed by atoms with Crippen molar-refractivity contribution in [3.63, 3.8) is 0 Å². The van der Waals surface area contributed by atoms with E-state index in [0.717, 1.165) is 24.1 Å². The van der Waals surface area contributed by atoms with Gasteiger partial charge in [0.05, 0.1) is 30.6 Å². The lowest BCUT2D eigenvalue weighted by atomic mass is 9.93. The van der Waals surface area contributed by atoms with Crippen LogP contribution in [0.3, 0.4) is 0 Å². The molecule has 2 aliphatic rings. The molecule has 7 heteroatoms. The van der Waals surface area contributed by atoms with Gasteiger partial charge in [0, 0.05) is 25.7 Å². The molecule has 0 aliphatic carbocycles. The molecule has 2 saturated heterocycles. The van der Waals surface area contributed by atoms with E-state index in [0.29, 0.717) is 38.5 Å². The Labute approximate surface area is 151 Å². The minimum absolute atomic E-state index is 0.0510. The number of morpholine rings is 1. The number of carbonyl (C=O) groups is 1. The fourth-order valence-electron chi connectivity index (χ4n) is 3.68. The number of hydrogen-bond donors (Lipinski definition) is 1. The van der Waals surface area contributed by atoms with Crippen LogP contribution in [-0.2, 0) is 9.47 Å². The molecule has 3 heterocycles. The van der Waals surface area contributed by atoms with E-state index >= 15 is 0 Å². The summed E-state index contributed by atoms with van der Waals surface area (Å²) in [6.07, 6.45) is 3.07. The number of amides is 1. The molecule has 1 amide bonds. The lowest BCUT2D eigenvalue weighted by molar-refractivity contribution is -0.0230. The monoisotopic (exact) mass is 359 g/mol. The van der Waals surface area contributed by atoms with Crippen molar-refractivity contribution in [3.05, 3.63) is 53.1 Å². The molecular formula is C19H22FN3O3. The van der Waals surface area contributed by atoms with E-state index in [1.54, 1.807) is 17.2 Å². The molecule has 1 unspecified atom stereocenters. The van der Waals surface area contributed by atoms with Crippen LogP contribution < -0.4 is 0 Å². The standard InChI is InChI=1S/C19H22FN3O3/c20-15-3-1-2-14(10-15)17-12-23(6-9-26-17)19(24)16-11-21-22-18(16)13-4-7-25-8-5-13/h1-3,10-11,13,17H,4-9,12H2,(H,21,22). The number of H-pyrrole nitrogens is 1. The average molecular weight is 359 g/mol. The van der Waals surface area contributed by atoms with E-state index in [2.05, 4.69) is 10.2 Å². The van der Waals surface area contributed by atoms with Crippen LogP contribution in [-0.4, -0.2) is 53.9 Å². The first kappa shape index (κ1) is 17.2. The smallest absolute Gasteiger partial charge is 0.257 e. The summed E-state index contributed by atoms with van der Waals surface area (Å²) in [5.41, 5.74) is 2.27. The van der Waals surface area contributed by atoms with Gasteiger partial charge in [-0.1, -0.05) is 12.1 Å². The topological polar surface area (TPSA) is 67.5 Å². The number of benzene rings is 1. The summed E-state index contributed by atoms with van der Waals surface area (Å²) in [6.45, 7) is 2.76. The second kappa shape index (κ2) is 7.55. The van der Waals surface area contributed by atoms with Crippen molar-refractivity contribution < 1.29 is 18.7 Å². The molecule has 0 saturated carbocycles. The lowest BCUT2D eigenvalue weighted by Crippen LogP contribution is -2.42. The van der Waals surface area contributed by atoms with E-state index in [-0.39, 0.29) is 23.7 Å². The molecule has 0 bridgehead atoms. The van der Waals surface area contributed by atoms with E-state index in [9.17, 15) is 9.18 Å². The summed E-state index contributed by atoms with van der Waals surface area (Å²) in [7, 11) is 0. The fourth-order valence-corrected chi connectivity index (χ4v) is 3.68. The highest BCUT2D eigenvalue weighted by molar-refractivity contribution is 5.95. The Balaban J connectivity index is 1.50. The summed E-state index contributed by atoms with van der Waals surface area (Å²) in [6, 6.07) is 6.35. The Morgan fingerprint density at radius 1 is 1.27 bits per heavy atom. The van der Waals surface area contributed by atoms with E-state index in [1.807, 2.05) is 6.07 Å². The van der Waals surface area contributed by atoms with Crippen LogP contribution in [0.25, 0.3) is 0 Å². The largest absolute Gasteiger partial charge is 0.381 e. The van der Waals surface area contributed by atoms with Gasteiger partial charge in [0.15, 0.2) is 0 Å². The van der Waals surface area contributed by atoms with Crippen LogP contribution in [0.4, 0.5) is 4.39 Å². The van der Waals surface area contributed by atoms with Gasteiger partial charge in [-0.15, -0.1) is 0 Å². The van der Waals surface area contributed by atoms with Crippen molar-refractivity contribution in [1.82, 2.24) is 15.1 Å². The SMILES string of the molecule is O=C(c1cn[nH]c1C1CCOCC1)N1CCOC(c2cccc(F)c2)C1. The van der Waals surface area contributed by atoms with Gasteiger partial charge in [0.25, 0.3) is 5.91 Å². The normalized spacial score (nSPS) is 21.7. The molecule has 6 nitrogen and oxygen atoms in total. The van der Waals surface area contributed by atoms with E-state index in [1.165, 1.54) is 12.1 Å². The van der Waals surface area contributed by atoms with Crippen LogP contribution in [0.5, 0.6) is 0 Å². The number of nitrogens with one attached hydrogen (secondary N) is 1. The number of aromatic nitrogens is 2. The second-order valence-corrected chi connectivity index (χ2v) is 6.75. The van der Waals surface area contributed by atoms with Crippen LogP contribution in [0.15, 0.2) is 30.5 Å². The summed E-state index contributed by atoms with van der Waals surface area (Å²) in [4.78, 5) is 14.8. The van der Waals surface area contributed by atoms with Gasteiger partial charge in [-0.2, -0.15) is 5.10 Å². The summed E-state index contributed by atoms with van der Waals surface area (Å²) >= 11 is 0. The predicted octanol–water partition coefficient (Wildman–Crippen LogP) is 2.66. The fraction of sp³-hybridized carbons (Fsp3) is 0.474. The third-order valence-corrected chi connectivity index (χ3v) is 5.10. The maximum Gasteiger partial charge on any atom is 0.257 e. The predicted molar refractivity (Wildman–Crippen MR) is 92.4 cm³/mol. The Hall–Kier alpha value is -2.25. The number of ether oxygens (including phenoxy) is 2. The van der Waals surface area contributed by atoms with Crippen LogP contribution in [0.1, 0.15) is 46.5 Å². The van der Waals surface area contributed by atoms with Gasteiger partial charge in [0.2, 0.25) is 0 Å². The van der Waals surface area contributed by atoms with Crippen LogP contribution in [0.2, 0.25) is 0 Å². The maximum absolute atomic E-state index is 13.5. The molecule has 1 N–H and O–H groups in total. The highest BCUT2D eigenvalue weighted by Crippen LogP contribution is 2.30. The Morgan fingerprint density at radius 3 is 2.92 bits per heavy atom. The quantitative estimate of drug-likeness (QED) is 0.915. The molecule has 4 rings (SSSR count). The number of nitrogens with zero attached hydrogens (tertiary/aromatic N) is 2. The third-order valence-electron chi connectivity index (χ3n) is 5.10. The molecule has 2 aromatic rings. The zero-order valence-corrected chi connectivity index (χ0v) is 14.5. The number of carbonyl (C=O) groups excluding carboxylic acids is 1. The molecule has 0 radical (unpaired) electrons. The summed E-state index contributed by atoms with van der Waals surface area (Å²) in [5.74, 6) is -0.0820. The van der Waals surface area contributed by atoms with E-state index < -0.39 is 0 Å². The molecular weight excluding hydrogens is 337 g/mol. The minimum Gasteiger partial charge on any atom is -0.381 e. The van der Waals surface area contributed by atoms with Crippen molar-refractivity contribution in [1.29, 1.82) is 0 Å². The number of aromatic amines is 1. The maximum atomic E-state index is 13.5. The number of halogens is 1. The molecule has 1 aromatic heterocycles. The van der Waals surface area contributed by atoms with Gasteiger partial charge in [-0.3, -0.25) is 9.89 Å². The minimum atomic E-state index is -0.318. The summed E-state index contributed by atoms with van der Waals surface area (Å²) in [5, 5.41) is 7.12.